The molecule has 0 spiro atoms. The number of sulfone groups is 1. The summed E-state index contributed by atoms with van der Waals surface area (Å²) in [6.45, 7) is 0. The van der Waals surface area contributed by atoms with Crippen LogP contribution in [-0.4, -0.2) is 8.42 Å². The van der Waals surface area contributed by atoms with Crippen molar-refractivity contribution < 1.29 is 8.42 Å². The minimum Gasteiger partial charge on any atom is -0.398 e. The van der Waals surface area contributed by atoms with E-state index in [9.17, 15) is 8.42 Å². The Morgan fingerprint density at radius 2 is 0.931 bits per heavy atom. The smallest absolute Gasteiger partial charge is 0.206 e. The van der Waals surface area contributed by atoms with E-state index in [0.29, 0.717) is 11.4 Å². The first kappa shape index (κ1) is 18.8. The summed E-state index contributed by atoms with van der Waals surface area (Å²) in [6.07, 6.45) is 0. The Labute approximate surface area is 170 Å². The van der Waals surface area contributed by atoms with Gasteiger partial charge in [-0.2, -0.15) is 0 Å². The molecule has 0 aromatic heterocycles. The Hall–Kier alpha value is -3.57. The van der Waals surface area contributed by atoms with Crippen molar-refractivity contribution >= 4 is 21.2 Å². The second-order valence-corrected chi connectivity index (χ2v) is 8.68. The molecule has 0 aliphatic carbocycles. The van der Waals surface area contributed by atoms with E-state index < -0.39 is 9.84 Å². The zero-order valence-electron chi connectivity index (χ0n) is 15.6. The molecule has 0 aliphatic rings. The van der Waals surface area contributed by atoms with Crippen LogP contribution in [-0.2, 0) is 9.84 Å². The molecule has 144 valence electrons. The Morgan fingerprint density at radius 3 is 1.34 bits per heavy atom. The van der Waals surface area contributed by atoms with E-state index in [2.05, 4.69) is 0 Å². The van der Waals surface area contributed by atoms with Crippen molar-refractivity contribution in [1.82, 2.24) is 0 Å². The Kier molecular flexibility index (Phi) is 4.82. The van der Waals surface area contributed by atoms with Gasteiger partial charge in [-0.1, -0.05) is 60.7 Å². The predicted molar refractivity (Wildman–Crippen MR) is 118 cm³/mol. The zero-order chi connectivity index (χ0) is 20.4. The number of nitrogen functional groups attached to an aromatic ring is 2. The van der Waals surface area contributed by atoms with Gasteiger partial charge in [0.1, 0.15) is 0 Å². The molecule has 4 N–H and O–H groups in total. The van der Waals surface area contributed by atoms with Gasteiger partial charge in [-0.25, -0.2) is 8.42 Å². The van der Waals surface area contributed by atoms with E-state index in [1.807, 2.05) is 48.5 Å². The van der Waals surface area contributed by atoms with Crippen LogP contribution in [0.3, 0.4) is 0 Å². The molecule has 0 bridgehead atoms. The van der Waals surface area contributed by atoms with E-state index >= 15 is 0 Å². The molecule has 4 nitrogen and oxygen atoms in total. The molecule has 0 radical (unpaired) electrons. The highest BCUT2D eigenvalue weighted by atomic mass is 32.2. The molecule has 0 amide bonds. The molecule has 5 heteroatoms. The standard InChI is InChI=1S/C24H20N2O2S/c25-23-13-3-1-11-21(23)17-7-5-9-19(15-17)29(27,28)20-10-6-8-18(16-20)22-12-2-4-14-24(22)26/h1-16H,25-26H2. The molecule has 0 unspecified atom stereocenters. The number of hydrogen-bond donors (Lipinski definition) is 2. The lowest BCUT2D eigenvalue weighted by Crippen LogP contribution is -2.03. The van der Waals surface area contributed by atoms with Gasteiger partial charge >= 0.3 is 0 Å². The van der Waals surface area contributed by atoms with Crippen LogP contribution in [0, 0.1) is 0 Å². The van der Waals surface area contributed by atoms with Crippen molar-refractivity contribution in [1.29, 1.82) is 0 Å². The number of nitrogens with two attached hydrogens (primary N) is 2. The fraction of sp³-hybridized carbons (Fsp3) is 0. The predicted octanol–water partition coefficient (Wildman–Crippen LogP) is 5.02. The first-order chi connectivity index (χ1) is 14.0. The van der Waals surface area contributed by atoms with Gasteiger partial charge in [-0.15, -0.1) is 0 Å². The summed E-state index contributed by atoms with van der Waals surface area (Å²) in [5.74, 6) is 0. The van der Waals surface area contributed by atoms with Crippen LogP contribution in [0.25, 0.3) is 22.3 Å². The van der Waals surface area contributed by atoms with Crippen molar-refractivity contribution in [3.8, 4) is 22.3 Å². The van der Waals surface area contributed by atoms with Crippen LogP contribution in [0.1, 0.15) is 0 Å². The molecule has 4 aromatic carbocycles. The Morgan fingerprint density at radius 1 is 0.517 bits per heavy atom. The molecule has 0 aliphatic heterocycles. The maximum absolute atomic E-state index is 13.3. The lowest BCUT2D eigenvalue weighted by Gasteiger charge is -2.11. The molecule has 4 aromatic rings. The summed E-state index contributed by atoms with van der Waals surface area (Å²) in [5.41, 5.74) is 16.4. The SMILES string of the molecule is Nc1ccccc1-c1cccc(S(=O)(=O)c2cccc(-c3ccccc3N)c2)c1. The second kappa shape index (κ2) is 7.45. The van der Waals surface area contributed by atoms with Crippen LogP contribution in [0.2, 0.25) is 0 Å². The van der Waals surface area contributed by atoms with Gasteiger partial charge in [0.25, 0.3) is 0 Å². The number of benzene rings is 4. The van der Waals surface area contributed by atoms with Crippen LogP contribution in [0.5, 0.6) is 0 Å². The van der Waals surface area contributed by atoms with Gasteiger partial charge in [0.2, 0.25) is 9.84 Å². The molecular formula is C24H20N2O2S. The second-order valence-electron chi connectivity index (χ2n) is 6.73. The molecule has 0 atom stereocenters. The quantitative estimate of drug-likeness (QED) is 0.471. The summed E-state index contributed by atoms with van der Waals surface area (Å²) < 4.78 is 26.6. The van der Waals surface area contributed by atoms with E-state index in [1.165, 1.54) is 0 Å². The summed E-state index contributed by atoms with van der Waals surface area (Å²) in [5, 5.41) is 0. The monoisotopic (exact) mass is 400 g/mol. The molecular weight excluding hydrogens is 380 g/mol. The van der Waals surface area contributed by atoms with Crippen LogP contribution < -0.4 is 11.5 Å². The van der Waals surface area contributed by atoms with Gasteiger partial charge in [-0.05, 0) is 47.5 Å². The lowest BCUT2D eigenvalue weighted by atomic mass is 10.0. The fourth-order valence-electron chi connectivity index (χ4n) is 3.32. The fourth-order valence-corrected chi connectivity index (χ4v) is 4.67. The van der Waals surface area contributed by atoms with E-state index in [-0.39, 0.29) is 9.79 Å². The van der Waals surface area contributed by atoms with Crippen molar-refractivity contribution in [3.05, 3.63) is 97.1 Å². The molecule has 29 heavy (non-hydrogen) atoms. The normalized spacial score (nSPS) is 11.3. The third-order valence-electron chi connectivity index (χ3n) is 4.83. The number of rotatable bonds is 4. The van der Waals surface area contributed by atoms with E-state index in [1.54, 1.807) is 48.5 Å². The van der Waals surface area contributed by atoms with Gasteiger partial charge in [-0.3, -0.25) is 0 Å². The zero-order valence-corrected chi connectivity index (χ0v) is 16.4. The first-order valence-electron chi connectivity index (χ1n) is 9.12. The van der Waals surface area contributed by atoms with Crippen molar-refractivity contribution in [2.75, 3.05) is 11.5 Å². The van der Waals surface area contributed by atoms with Gasteiger partial charge in [0.15, 0.2) is 0 Å². The van der Waals surface area contributed by atoms with E-state index in [4.69, 9.17) is 11.5 Å². The molecule has 0 saturated carbocycles. The third kappa shape index (κ3) is 3.60. The molecule has 0 fully saturated rings. The lowest BCUT2D eigenvalue weighted by molar-refractivity contribution is 0.596. The van der Waals surface area contributed by atoms with Gasteiger partial charge in [0.05, 0.1) is 9.79 Å². The first-order valence-corrected chi connectivity index (χ1v) is 10.6. The summed E-state index contributed by atoms with van der Waals surface area (Å²) in [4.78, 5) is 0.438. The third-order valence-corrected chi connectivity index (χ3v) is 6.58. The van der Waals surface area contributed by atoms with Crippen molar-refractivity contribution in [2.45, 2.75) is 9.79 Å². The molecule has 4 rings (SSSR count). The maximum atomic E-state index is 13.3. The Balaban J connectivity index is 1.79. The maximum Gasteiger partial charge on any atom is 0.206 e. The average Bonchev–Trinajstić information content (AvgIpc) is 2.74. The Bertz CT molecular complexity index is 1200. The van der Waals surface area contributed by atoms with Crippen LogP contribution >= 0.6 is 0 Å². The van der Waals surface area contributed by atoms with Crippen molar-refractivity contribution in [3.63, 3.8) is 0 Å². The van der Waals surface area contributed by atoms with Crippen LogP contribution in [0.4, 0.5) is 11.4 Å². The highest BCUT2D eigenvalue weighted by Crippen LogP contribution is 2.32. The van der Waals surface area contributed by atoms with Gasteiger partial charge in [0, 0.05) is 22.5 Å². The minimum absolute atomic E-state index is 0.219. The topological polar surface area (TPSA) is 86.2 Å². The highest BCUT2D eigenvalue weighted by molar-refractivity contribution is 7.91. The number of para-hydroxylation sites is 2. The highest BCUT2D eigenvalue weighted by Gasteiger charge is 2.19. The number of anilines is 2. The summed E-state index contributed by atoms with van der Waals surface area (Å²) in [7, 11) is -3.71. The summed E-state index contributed by atoms with van der Waals surface area (Å²) in [6, 6.07) is 28.5. The minimum atomic E-state index is -3.71. The van der Waals surface area contributed by atoms with Crippen molar-refractivity contribution in [2.24, 2.45) is 0 Å². The van der Waals surface area contributed by atoms with Gasteiger partial charge < -0.3 is 11.5 Å². The van der Waals surface area contributed by atoms with Crippen LogP contribution in [0.15, 0.2) is 107 Å². The van der Waals surface area contributed by atoms with E-state index in [0.717, 1.165) is 22.3 Å². The number of hydrogen-bond acceptors (Lipinski definition) is 4. The average molecular weight is 401 g/mol. The molecule has 0 heterocycles. The summed E-state index contributed by atoms with van der Waals surface area (Å²) >= 11 is 0. The largest absolute Gasteiger partial charge is 0.398 e. The molecule has 0 saturated heterocycles.